The Balaban J connectivity index is 1.36. The molecule has 0 aliphatic carbocycles. The molecule has 3 rings (SSSR count). The number of nitrogens with zero attached hydrogens (tertiary/aromatic N) is 1. The van der Waals surface area contributed by atoms with E-state index in [1.165, 1.54) is 0 Å². The second kappa shape index (κ2) is 8.64. The first-order valence-electron chi connectivity index (χ1n) is 8.78. The Morgan fingerprint density at radius 2 is 1.76 bits per heavy atom. The molecular formula is C18H25N5O2. The number of rotatable bonds is 6. The zero-order valence-electron chi connectivity index (χ0n) is 14.3. The van der Waals surface area contributed by atoms with Crippen molar-refractivity contribution in [3.8, 4) is 0 Å². The van der Waals surface area contributed by atoms with E-state index in [0.717, 1.165) is 49.2 Å². The molecule has 1 aromatic heterocycles. The van der Waals surface area contributed by atoms with Crippen LogP contribution in [-0.2, 0) is 16.0 Å². The number of carbonyl (C=O) groups is 2. The van der Waals surface area contributed by atoms with Gasteiger partial charge in [-0.2, -0.15) is 0 Å². The lowest BCUT2D eigenvalue weighted by molar-refractivity contribution is -0.139. The van der Waals surface area contributed by atoms with Gasteiger partial charge in [-0.25, -0.2) is 0 Å². The van der Waals surface area contributed by atoms with Crippen LogP contribution in [0.3, 0.4) is 0 Å². The van der Waals surface area contributed by atoms with Gasteiger partial charge < -0.3 is 20.9 Å². The van der Waals surface area contributed by atoms with E-state index in [-0.39, 0.29) is 0 Å². The normalized spacial score (nSPS) is 15.2. The second-order valence-corrected chi connectivity index (χ2v) is 6.21. The minimum absolute atomic E-state index is 0.436. The molecule has 0 radical (unpaired) electrons. The molecule has 7 nitrogen and oxygen atoms in total. The Morgan fingerprint density at radius 1 is 1.04 bits per heavy atom. The monoisotopic (exact) mass is 343 g/mol. The van der Waals surface area contributed by atoms with Crippen LogP contribution in [0.2, 0.25) is 0 Å². The summed E-state index contributed by atoms with van der Waals surface area (Å²) in [5, 5.41) is 9.80. The lowest BCUT2D eigenvalue weighted by Gasteiger charge is -2.26. The van der Waals surface area contributed by atoms with E-state index in [2.05, 4.69) is 25.8 Å². The van der Waals surface area contributed by atoms with Gasteiger partial charge in [-0.1, -0.05) is 18.2 Å². The van der Waals surface area contributed by atoms with Gasteiger partial charge in [-0.3, -0.25) is 14.5 Å². The van der Waals surface area contributed by atoms with E-state index in [4.69, 9.17) is 0 Å². The van der Waals surface area contributed by atoms with Crippen molar-refractivity contribution in [1.82, 2.24) is 25.8 Å². The minimum atomic E-state index is -0.569. The molecule has 4 N–H and O–H groups in total. The highest BCUT2D eigenvalue weighted by Gasteiger charge is 2.14. The highest BCUT2D eigenvalue weighted by atomic mass is 16.2. The summed E-state index contributed by atoms with van der Waals surface area (Å²) in [5.74, 6) is -1.13. The maximum Gasteiger partial charge on any atom is 0.309 e. The second-order valence-electron chi connectivity index (χ2n) is 6.21. The first-order valence-corrected chi connectivity index (χ1v) is 8.78. The Labute approximate surface area is 147 Å². The number of hydrogen-bond acceptors (Lipinski definition) is 4. The maximum atomic E-state index is 11.9. The molecule has 2 aromatic rings. The van der Waals surface area contributed by atoms with Crippen LogP contribution in [0.5, 0.6) is 0 Å². The molecule has 0 unspecified atom stereocenters. The Bertz CT molecular complexity index is 721. The summed E-state index contributed by atoms with van der Waals surface area (Å²) in [6.07, 6.45) is 2.63. The van der Waals surface area contributed by atoms with E-state index in [9.17, 15) is 9.59 Å². The van der Waals surface area contributed by atoms with Crippen molar-refractivity contribution in [2.45, 2.75) is 6.42 Å². The summed E-state index contributed by atoms with van der Waals surface area (Å²) in [6.45, 7) is 5.61. The number of aromatic nitrogens is 1. The summed E-state index contributed by atoms with van der Waals surface area (Å²) < 4.78 is 0. The summed E-state index contributed by atoms with van der Waals surface area (Å²) in [5.41, 5.74) is 2.21. The predicted octanol–water partition coefficient (Wildman–Crippen LogP) is -0.152. The highest BCUT2D eigenvalue weighted by molar-refractivity contribution is 6.35. The molecule has 1 saturated heterocycles. The van der Waals surface area contributed by atoms with Crippen molar-refractivity contribution in [1.29, 1.82) is 0 Å². The number of H-pyrrole nitrogens is 1. The zero-order chi connectivity index (χ0) is 17.5. The van der Waals surface area contributed by atoms with Crippen LogP contribution in [0.1, 0.15) is 5.56 Å². The van der Waals surface area contributed by atoms with Gasteiger partial charge >= 0.3 is 11.8 Å². The molecular weight excluding hydrogens is 318 g/mol. The Kier molecular flexibility index (Phi) is 6.03. The minimum Gasteiger partial charge on any atom is -0.361 e. The summed E-state index contributed by atoms with van der Waals surface area (Å²) in [4.78, 5) is 29.2. The maximum absolute atomic E-state index is 11.9. The Hall–Kier alpha value is -2.38. The van der Waals surface area contributed by atoms with Crippen molar-refractivity contribution in [3.63, 3.8) is 0 Å². The van der Waals surface area contributed by atoms with Crippen LogP contribution < -0.4 is 16.0 Å². The fourth-order valence-electron chi connectivity index (χ4n) is 3.07. The summed E-state index contributed by atoms with van der Waals surface area (Å²) >= 11 is 0. The average Bonchev–Trinajstić information content (AvgIpc) is 3.06. The third-order valence-electron chi connectivity index (χ3n) is 4.48. The number of aromatic amines is 1. The summed E-state index contributed by atoms with van der Waals surface area (Å²) in [6, 6.07) is 8.04. The molecule has 2 amide bonds. The molecule has 1 aromatic carbocycles. The molecule has 1 fully saturated rings. The Morgan fingerprint density at radius 3 is 2.56 bits per heavy atom. The van der Waals surface area contributed by atoms with Crippen LogP contribution in [0.25, 0.3) is 10.9 Å². The quantitative estimate of drug-likeness (QED) is 0.549. The molecule has 25 heavy (non-hydrogen) atoms. The molecule has 0 bridgehead atoms. The van der Waals surface area contributed by atoms with E-state index in [1.54, 1.807) is 0 Å². The number of amides is 2. The molecule has 7 heteroatoms. The smallest absolute Gasteiger partial charge is 0.309 e. The van der Waals surface area contributed by atoms with Gasteiger partial charge in [-0.05, 0) is 18.1 Å². The molecule has 1 aliphatic heterocycles. The fourth-order valence-corrected chi connectivity index (χ4v) is 3.07. The number of benzene rings is 1. The third kappa shape index (κ3) is 4.80. The predicted molar refractivity (Wildman–Crippen MR) is 97.3 cm³/mol. The summed E-state index contributed by atoms with van der Waals surface area (Å²) in [7, 11) is 0. The molecule has 0 atom stereocenters. The van der Waals surface area contributed by atoms with Crippen molar-refractivity contribution < 1.29 is 9.59 Å². The van der Waals surface area contributed by atoms with E-state index in [1.807, 2.05) is 30.5 Å². The number of nitrogens with one attached hydrogen (secondary N) is 4. The van der Waals surface area contributed by atoms with Gasteiger partial charge in [0.25, 0.3) is 0 Å². The van der Waals surface area contributed by atoms with Gasteiger partial charge in [-0.15, -0.1) is 0 Å². The SMILES string of the molecule is O=C(NCCc1c[nH]c2ccccc12)C(=O)NCCN1CCNCC1. The van der Waals surface area contributed by atoms with Gasteiger partial charge in [0.05, 0.1) is 0 Å². The lowest BCUT2D eigenvalue weighted by Crippen LogP contribution is -2.48. The van der Waals surface area contributed by atoms with E-state index in [0.29, 0.717) is 19.5 Å². The fraction of sp³-hybridized carbons (Fsp3) is 0.444. The number of carbonyl (C=O) groups excluding carboxylic acids is 2. The molecule has 0 spiro atoms. The van der Waals surface area contributed by atoms with Crippen LogP contribution in [-0.4, -0.2) is 67.5 Å². The van der Waals surface area contributed by atoms with Crippen LogP contribution in [0.15, 0.2) is 30.5 Å². The molecule has 0 saturated carbocycles. The van der Waals surface area contributed by atoms with Gasteiger partial charge in [0.1, 0.15) is 0 Å². The third-order valence-corrected chi connectivity index (χ3v) is 4.48. The molecule has 2 heterocycles. The standard InChI is InChI=1S/C18H25N5O2/c24-17(18(25)21-9-12-23-10-7-19-8-11-23)20-6-5-14-13-22-16-4-2-1-3-15(14)16/h1-4,13,19,22H,5-12H2,(H,20,24)(H,21,25). The molecule has 134 valence electrons. The van der Waals surface area contributed by atoms with E-state index < -0.39 is 11.8 Å². The molecule has 1 aliphatic rings. The number of hydrogen-bond donors (Lipinski definition) is 4. The van der Waals surface area contributed by atoms with Crippen molar-refractivity contribution in [3.05, 3.63) is 36.0 Å². The van der Waals surface area contributed by atoms with Crippen molar-refractivity contribution in [2.24, 2.45) is 0 Å². The van der Waals surface area contributed by atoms with E-state index >= 15 is 0 Å². The van der Waals surface area contributed by atoms with Crippen LogP contribution in [0, 0.1) is 0 Å². The lowest BCUT2D eigenvalue weighted by atomic mass is 10.1. The zero-order valence-corrected chi connectivity index (χ0v) is 14.3. The number of para-hydroxylation sites is 1. The van der Waals surface area contributed by atoms with Gasteiger partial charge in [0.2, 0.25) is 0 Å². The van der Waals surface area contributed by atoms with Crippen LogP contribution >= 0.6 is 0 Å². The van der Waals surface area contributed by atoms with Gasteiger partial charge in [0.15, 0.2) is 0 Å². The average molecular weight is 343 g/mol. The first-order chi connectivity index (χ1) is 12.2. The largest absolute Gasteiger partial charge is 0.361 e. The number of piperazine rings is 1. The topological polar surface area (TPSA) is 89.3 Å². The van der Waals surface area contributed by atoms with Crippen molar-refractivity contribution >= 4 is 22.7 Å². The highest BCUT2D eigenvalue weighted by Crippen LogP contribution is 2.17. The van der Waals surface area contributed by atoms with Gasteiger partial charge in [0, 0.05) is 62.9 Å². The van der Waals surface area contributed by atoms with Crippen molar-refractivity contribution in [2.75, 3.05) is 45.8 Å². The van der Waals surface area contributed by atoms with Crippen LogP contribution in [0.4, 0.5) is 0 Å². The first kappa shape index (κ1) is 17.4. The number of fused-ring (bicyclic) bond motifs is 1.